The van der Waals surface area contributed by atoms with Gasteiger partial charge in [-0.3, -0.25) is 9.48 Å². The number of aromatic nitrogens is 2. The summed E-state index contributed by atoms with van der Waals surface area (Å²) in [5.41, 5.74) is 1.95. The van der Waals surface area contributed by atoms with E-state index in [1.165, 1.54) is 12.8 Å². The van der Waals surface area contributed by atoms with Crippen molar-refractivity contribution < 1.29 is 4.79 Å². The van der Waals surface area contributed by atoms with Crippen LogP contribution in [0.5, 0.6) is 0 Å². The molecule has 0 atom stereocenters. The Labute approximate surface area is 131 Å². The Bertz CT molecular complexity index is 600. The van der Waals surface area contributed by atoms with E-state index in [1.54, 1.807) is 6.20 Å². The molecule has 1 fully saturated rings. The predicted octanol–water partition coefficient (Wildman–Crippen LogP) is 3.19. The summed E-state index contributed by atoms with van der Waals surface area (Å²) in [6.07, 6.45) is 7.28. The standard InChI is InChI=1S/C18H23N3O/c1-2-11-20(13-15-4-5-15)18(22)17-8-6-16(7-9-17)14-21-12-3-10-19-21/h3,6-10,12,15H,2,4-5,11,13-14H2,1H3. The minimum Gasteiger partial charge on any atom is -0.338 e. The summed E-state index contributed by atoms with van der Waals surface area (Å²) < 4.78 is 1.88. The fourth-order valence-electron chi connectivity index (χ4n) is 2.67. The van der Waals surface area contributed by atoms with Gasteiger partial charge in [-0.2, -0.15) is 5.10 Å². The molecule has 116 valence electrons. The number of rotatable bonds is 7. The zero-order chi connectivity index (χ0) is 15.4. The normalized spacial score (nSPS) is 14.0. The highest BCUT2D eigenvalue weighted by Crippen LogP contribution is 2.30. The third-order valence-electron chi connectivity index (χ3n) is 4.06. The quantitative estimate of drug-likeness (QED) is 0.787. The van der Waals surface area contributed by atoms with Crippen molar-refractivity contribution in [3.8, 4) is 0 Å². The van der Waals surface area contributed by atoms with Crippen LogP contribution in [0.2, 0.25) is 0 Å². The van der Waals surface area contributed by atoms with Crippen LogP contribution in [0.4, 0.5) is 0 Å². The van der Waals surface area contributed by atoms with Crippen LogP contribution in [0.3, 0.4) is 0 Å². The molecule has 1 aliphatic rings. The average Bonchev–Trinajstić information content (AvgIpc) is 3.21. The van der Waals surface area contributed by atoms with Gasteiger partial charge in [0.25, 0.3) is 5.91 Å². The molecule has 1 saturated carbocycles. The van der Waals surface area contributed by atoms with Crippen LogP contribution in [0, 0.1) is 5.92 Å². The van der Waals surface area contributed by atoms with Crippen molar-refractivity contribution >= 4 is 5.91 Å². The molecule has 0 bridgehead atoms. The molecule has 0 aliphatic heterocycles. The van der Waals surface area contributed by atoms with E-state index in [0.29, 0.717) is 0 Å². The number of hydrogen-bond acceptors (Lipinski definition) is 2. The van der Waals surface area contributed by atoms with Crippen molar-refractivity contribution in [2.24, 2.45) is 5.92 Å². The summed E-state index contributed by atoms with van der Waals surface area (Å²) in [5.74, 6) is 0.897. The Kier molecular flexibility index (Phi) is 4.56. The summed E-state index contributed by atoms with van der Waals surface area (Å²) >= 11 is 0. The molecule has 0 radical (unpaired) electrons. The first-order valence-corrected chi connectivity index (χ1v) is 8.12. The second kappa shape index (κ2) is 6.77. The van der Waals surface area contributed by atoms with Crippen LogP contribution in [-0.4, -0.2) is 33.7 Å². The number of carbonyl (C=O) groups is 1. The Morgan fingerprint density at radius 3 is 2.68 bits per heavy atom. The third kappa shape index (κ3) is 3.75. The SMILES string of the molecule is CCCN(CC1CC1)C(=O)c1ccc(Cn2cccn2)cc1. The highest BCUT2D eigenvalue weighted by atomic mass is 16.2. The van der Waals surface area contributed by atoms with Crippen LogP contribution in [0.25, 0.3) is 0 Å². The molecule has 2 aromatic rings. The number of benzene rings is 1. The lowest BCUT2D eigenvalue weighted by Gasteiger charge is -2.22. The van der Waals surface area contributed by atoms with Crippen molar-refractivity contribution in [1.29, 1.82) is 0 Å². The molecule has 0 saturated heterocycles. The van der Waals surface area contributed by atoms with Crippen LogP contribution in [0.15, 0.2) is 42.7 Å². The van der Waals surface area contributed by atoms with E-state index in [-0.39, 0.29) is 5.91 Å². The fourth-order valence-corrected chi connectivity index (χ4v) is 2.67. The van der Waals surface area contributed by atoms with Gasteiger partial charge in [-0.1, -0.05) is 19.1 Å². The summed E-state index contributed by atoms with van der Waals surface area (Å²) in [6.45, 7) is 4.63. The second-order valence-corrected chi connectivity index (χ2v) is 6.10. The van der Waals surface area contributed by atoms with Crippen LogP contribution in [0.1, 0.15) is 42.1 Å². The van der Waals surface area contributed by atoms with Crippen LogP contribution < -0.4 is 0 Å². The van der Waals surface area contributed by atoms with E-state index in [1.807, 2.05) is 46.1 Å². The molecule has 1 aliphatic carbocycles. The van der Waals surface area contributed by atoms with Gasteiger partial charge in [0.2, 0.25) is 0 Å². The third-order valence-corrected chi connectivity index (χ3v) is 4.06. The zero-order valence-corrected chi connectivity index (χ0v) is 13.1. The highest BCUT2D eigenvalue weighted by molar-refractivity contribution is 5.94. The molecule has 22 heavy (non-hydrogen) atoms. The maximum atomic E-state index is 12.6. The first-order chi connectivity index (χ1) is 10.8. The molecule has 1 amide bonds. The average molecular weight is 297 g/mol. The Balaban J connectivity index is 1.66. The summed E-state index contributed by atoms with van der Waals surface area (Å²) in [7, 11) is 0. The molecule has 4 nitrogen and oxygen atoms in total. The van der Waals surface area contributed by atoms with Crippen molar-refractivity contribution in [2.45, 2.75) is 32.7 Å². The summed E-state index contributed by atoms with van der Waals surface area (Å²) in [6, 6.07) is 9.85. The highest BCUT2D eigenvalue weighted by Gasteiger charge is 2.26. The van der Waals surface area contributed by atoms with E-state index in [2.05, 4.69) is 12.0 Å². The Morgan fingerprint density at radius 2 is 2.09 bits per heavy atom. The molecule has 1 aromatic carbocycles. The minimum absolute atomic E-state index is 0.166. The number of amides is 1. The predicted molar refractivity (Wildman–Crippen MR) is 86.7 cm³/mol. The lowest BCUT2D eigenvalue weighted by atomic mass is 10.1. The van der Waals surface area contributed by atoms with Gasteiger partial charge in [-0.25, -0.2) is 0 Å². The Hall–Kier alpha value is -2.10. The lowest BCUT2D eigenvalue weighted by molar-refractivity contribution is 0.0747. The zero-order valence-electron chi connectivity index (χ0n) is 13.1. The van der Waals surface area contributed by atoms with Crippen LogP contribution >= 0.6 is 0 Å². The van der Waals surface area contributed by atoms with Gasteiger partial charge in [0.05, 0.1) is 6.54 Å². The number of hydrogen-bond donors (Lipinski definition) is 0. The second-order valence-electron chi connectivity index (χ2n) is 6.10. The van der Waals surface area contributed by atoms with E-state index in [9.17, 15) is 4.79 Å². The molecular weight excluding hydrogens is 274 g/mol. The maximum Gasteiger partial charge on any atom is 0.253 e. The van der Waals surface area contributed by atoms with E-state index < -0.39 is 0 Å². The molecule has 0 N–H and O–H groups in total. The first-order valence-electron chi connectivity index (χ1n) is 8.12. The summed E-state index contributed by atoms with van der Waals surface area (Å²) in [5, 5.41) is 4.20. The van der Waals surface area contributed by atoms with E-state index in [0.717, 1.165) is 43.1 Å². The van der Waals surface area contributed by atoms with Crippen molar-refractivity contribution in [3.63, 3.8) is 0 Å². The summed E-state index contributed by atoms with van der Waals surface area (Å²) in [4.78, 5) is 14.6. The van der Waals surface area contributed by atoms with Crippen molar-refractivity contribution in [2.75, 3.05) is 13.1 Å². The van der Waals surface area contributed by atoms with Gasteiger partial charge in [-0.05, 0) is 48.9 Å². The van der Waals surface area contributed by atoms with E-state index in [4.69, 9.17) is 0 Å². The molecule has 0 unspecified atom stereocenters. The number of nitrogens with zero attached hydrogens (tertiary/aromatic N) is 3. The lowest BCUT2D eigenvalue weighted by Crippen LogP contribution is -2.33. The molecule has 0 spiro atoms. The molecule has 1 aromatic heterocycles. The van der Waals surface area contributed by atoms with Crippen molar-refractivity contribution in [1.82, 2.24) is 14.7 Å². The van der Waals surface area contributed by atoms with Gasteiger partial charge in [0, 0.05) is 31.0 Å². The van der Waals surface area contributed by atoms with Crippen molar-refractivity contribution in [3.05, 3.63) is 53.9 Å². The molecule has 1 heterocycles. The van der Waals surface area contributed by atoms with E-state index >= 15 is 0 Å². The Morgan fingerprint density at radius 1 is 1.32 bits per heavy atom. The molecule has 3 rings (SSSR count). The first kappa shape index (κ1) is 14.8. The molecular formula is C18H23N3O. The maximum absolute atomic E-state index is 12.6. The van der Waals surface area contributed by atoms with Crippen LogP contribution in [-0.2, 0) is 6.54 Å². The topological polar surface area (TPSA) is 38.1 Å². The largest absolute Gasteiger partial charge is 0.338 e. The fraction of sp³-hybridized carbons (Fsp3) is 0.444. The monoisotopic (exact) mass is 297 g/mol. The van der Waals surface area contributed by atoms with Gasteiger partial charge in [-0.15, -0.1) is 0 Å². The smallest absolute Gasteiger partial charge is 0.253 e. The number of carbonyl (C=O) groups excluding carboxylic acids is 1. The van der Waals surface area contributed by atoms with Gasteiger partial charge in [0.15, 0.2) is 0 Å². The van der Waals surface area contributed by atoms with Gasteiger partial charge in [0.1, 0.15) is 0 Å². The van der Waals surface area contributed by atoms with Gasteiger partial charge < -0.3 is 4.90 Å². The minimum atomic E-state index is 0.166. The van der Waals surface area contributed by atoms with Gasteiger partial charge >= 0.3 is 0 Å². The molecule has 4 heteroatoms.